The number of rotatable bonds is 2. The topological polar surface area (TPSA) is 3.24 Å². The van der Waals surface area contributed by atoms with Gasteiger partial charge in [-0.05, 0) is 39.2 Å². The van der Waals surface area contributed by atoms with Gasteiger partial charge in [0.05, 0.1) is 0 Å². The van der Waals surface area contributed by atoms with Crippen LogP contribution in [0.25, 0.3) is 0 Å². The highest BCUT2D eigenvalue weighted by atomic mass is 15.2. The fraction of sp³-hybridized carbons (Fsp3) is 0.800. The first-order valence-corrected chi connectivity index (χ1v) is 4.76. The second-order valence-electron chi connectivity index (χ2n) is 3.82. The van der Waals surface area contributed by atoms with Crippen LogP contribution in [0.2, 0.25) is 0 Å². The van der Waals surface area contributed by atoms with Crippen LogP contribution in [0, 0.1) is 0 Å². The van der Waals surface area contributed by atoms with Crippen molar-refractivity contribution < 1.29 is 0 Å². The molecule has 0 N–H and O–H groups in total. The average Bonchev–Trinajstić information content (AvgIpc) is 2.87. The molecule has 2 rings (SSSR count). The Morgan fingerprint density at radius 3 is 2.64 bits per heavy atom. The summed E-state index contributed by atoms with van der Waals surface area (Å²) in [4.78, 5) is 2.55. The summed E-state index contributed by atoms with van der Waals surface area (Å²) in [6.07, 6.45) is 11.7. The minimum absolute atomic E-state index is 0.760. The van der Waals surface area contributed by atoms with Gasteiger partial charge < -0.3 is 0 Å². The van der Waals surface area contributed by atoms with Crippen molar-refractivity contribution in [2.75, 3.05) is 7.05 Å². The molecule has 2 aliphatic rings. The Kier molecular flexibility index (Phi) is 1.99. The lowest BCUT2D eigenvalue weighted by molar-refractivity contribution is 0.252. The molecule has 0 aromatic heterocycles. The van der Waals surface area contributed by atoms with Crippen molar-refractivity contribution in [3.63, 3.8) is 0 Å². The number of hydrogen-bond acceptors (Lipinski definition) is 1. The van der Waals surface area contributed by atoms with Crippen molar-refractivity contribution >= 4 is 0 Å². The van der Waals surface area contributed by atoms with E-state index in [0.717, 1.165) is 12.1 Å². The van der Waals surface area contributed by atoms with E-state index in [9.17, 15) is 0 Å². The molecule has 1 unspecified atom stereocenters. The van der Waals surface area contributed by atoms with E-state index in [1.54, 1.807) is 0 Å². The summed E-state index contributed by atoms with van der Waals surface area (Å²) in [5.74, 6) is 0. The summed E-state index contributed by atoms with van der Waals surface area (Å²) in [5, 5.41) is 0. The molecule has 1 nitrogen and oxygen atoms in total. The van der Waals surface area contributed by atoms with Crippen molar-refractivity contribution in [1.29, 1.82) is 0 Å². The summed E-state index contributed by atoms with van der Waals surface area (Å²) in [5.41, 5.74) is 0. The molecule has 1 heteroatoms. The normalized spacial score (nSPS) is 31.3. The first-order valence-electron chi connectivity index (χ1n) is 4.76. The minimum atomic E-state index is 0.760. The Labute approximate surface area is 69.1 Å². The lowest BCUT2D eigenvalue weighted by atomic mass is 10.0. The Bertz CT molecular complexity index is 158. The number of hydrogen-bond donors (Lipinski definition) is 0. The standard InChI is InChI=1S/C10H17N/c1-11(10-7-8-10)9-5-3-2-4-6-9/h3,5,9-10H,2,4,6-8H2,1H3. The molecule has 11 heavy (non-hydrogen) atoms. The third-order valence-electron chi connectivity index (χ3n) is 2.87. The maximum absolute atomic E-state index is 2.55. The highest BCUT2D eigenvalue weighted by molar-refractivity contribution is 5.01. The molecule has 2 aliphatic carbocycles. The number of nitrogens with zero attached hydrogens (tertiary/aromatic N) is 1. The molecule has 1 fully saturated rings. The molecule has 0 amide bonds. The highest BCUT2D eigenvalue weighted by Gasteiger charge is 2.29. The van der Waals surface area contributed by atoms with Crippen LogP contribution >= 0.6 is 0 Å². The van der Waals surface area contributed by atoms with E-state index in [1.165, 1.54) is 32.1 Å². The SMILES string of the molecule is CN(C1C=CCCC1)C1CC1. The zero-order valence-corrected chi connectivity index (χ0v) is 7.29. The van der Waals surface area contributed by atoms with Gasteiger partial charge in [-0.15, -0.1) is 0 Å². The number of likely N-dealkylation sites (N-methyl/N-ethyl adjacent to an activating group) is 1. The lowest BCUT2D eigenvalue weighted by Gasteiger charge is -2.27. The molecule has 0 saturated heterocycles. The summed E-state index contributed by atoms with van der Waals surface area (Å²) >= 11 is 0. The molecule has 62 valence electrons. The Morgan fingerprint density at radius 1 is 1.27 bits per heavy atom. The van der Waals surface area contributed by atoms with Crippen LogP contribution in [0.15, 0.2) is 12.2 Å². The van der Waals surface area contributed by atoms with Crippen molar-refractivity contribution in [1.82, 2.24) is 4.90 Å². The van der Waals surface area contributed by atoms with Crippen molar-refractivity contribution in [2.24, 2.45) is 0 Å². The van der Waals surface area contributed by atoms with Gasteiger partial charge >= 0.3 is 0 Å². The molecule has 0 aromatic carbocycles. The third-order valence-corrected chi connectivity index (χ3v) is 2.87. The summed E-state index contributed by atoms with van der Waals surface area (Å²) < 4.78 is 0. The van der Waals surface area contributed by atoms with Crippen LogP contribution in [-0.4, -0.2) is 24.0 Å². The molecule has 0 heterocycles. The van der Waals surface area contributed by atoms with Gasteiger partial charge in [0.1, 0.15) is 0 Å². The fourth-order valence-corrected chi connectivity index (χ4v) is 1.89. The van der Waals surface area contributed by atoms with Gasteiger partial charge in [0, 0.05) is 12.1 Å². The molecular weight excluding hydrogens is 134 g/mol. The van der Waals surface area contributed by atoms with Crippen LogP contribution in [0.4, 0.5) is 0 Å². The van der Waals surface area contributed by atoms with Gasteiger partial charge in [0.15, 0.2) is 0 Å². The van der Waals surface area contributed by atoms with Gasteiger partial charge in [-0.25, -0.2) is 0 Å². The lowest BCUT2D eigenvalue weighted by Crippen LogP contribution is -2.32. The van der Waals surface area contributed by atoms with Gasteiger partial charge in [-0.2, -0.15) is 0 Å². The van der Waals surface area contributed by atoms with Crippen LogP contribution in [0.5, 0.6) is 0 Å². The van der Waals surface area contributed by atoms with Gasteiger partial charge in [-0.1, -0.05) is 12.2 Å². The predicted molar refractivity (Wildman–Crippen MR) is 47.6 cm³/mol. The molecular formula is C10H17N. The molecule has 1 saturated carbocycles. The van der Waals surface area contributed by atoms with E-state index in [2.05, 4.69) is 24.1 Å². The monoisotopic (exact) mass is 151 g/mol. The summed E-state index contributed by atoms with van der Waals surface area (Å²) in [6, 6.07) is 1.68. The zero-order chi connectivity index (χ0) is 7.68. The first-order chi connectivity index (χ1) is 5.38. The molecule has 0 bridgehead atoms. The van der Waals surface area contributed by atoms with Crippen LogP contribution < -0.4 is 0 Å². The van der Waals surface area contributed by atoms with Crippen molar-refractivity contribution in [3.8, 4) is 0 Å². The molecule has 0 aliphatic heterocycles. The Morgan fingerprint density at radius 2 is 2.09 bits per heavy atom. The number of allylic oxidation sites excluding steroid dienone is 1. The second kappa shape index (κ2) is 2.98. The second-order valence-corrected chi connectivity index (χ2v) is 3.82. The first kappa shape index (κ1) is 7.35. The highest BCUT2D eigenvalue weighted by Crippen LogP contribution is 2.29. The van der Waals surface area contributed by atoms with Crippen LogP contribution in [-0.2, 0) is 0 Å². The zero-order valence-electron chi connectivity index (χ0n) is 7.29. The minimum Gasteiger partial charge on any atom is -0.297 e. The predicted octanol–water partition coefficient (Wildman–Crippen LogP) is 2.19. The fourth-order valence-electron chi connectivity index (χ4n) is 1.89. The van der Waals surface area contributed by atoms with Gasteiger partial charge in [-0.3, -0.25) is 4.90 Å². The Hall–Kier alpha value is -0.300. The van der Waals surface area contributed by atoms with Gasteiger partial charge in [0.25, 0.3) is 0 Å². The largest absolute Gasteiger partial charge is 0.297 e. The third kappa shape index (κ3) is 1.64. The molecule has 1 atom stereocenters. The maximum Gasteiger partial charge on any atom is 0.0278 e. The van der Waals surface area contributed by atoms with E-state index in [1.807, 2.05) is 0 Å². The van der Waals surface area contributed by atoms with E-state index in [0.29, 0.717) is 0 Å². The molecule has 0 radical (unpaired) electrons. The van der Waals surface area contributed by atoms with E-state index in [-0.39, 0.29) is 0 Å². The van der Waals surface area contributed by atoms with Gasteiger partial charge in [0.2, 0.25) is 0 Å². The van der Waals surface area contributed by atoms with E-state index in [4.69, 9.17) is 0 Å². The smallest absolute Gasteiger partial charge is 0.0278 e. The van der Waals surface area contributed by atoms with Crippen molar-refractivity contribution in [2.45, 2.75) is 44.2 Å². The summed E-state index contributed by atoms with van der Waals surface area (Å²) in [6.45, 7) is 0. The van der Waals surface area contributed by atoms with Crippen LogP contribution in [0.1, 0.15) is 32.1 Å². The quantitative estimate of drug-likeness (QED) is 0.547. The van der Waals surface area contributed by atoms with E-state index < -0.39 is 0 Å². The maximum atomic E-state index is 2.55. The molecule has 0 spiro atoms. The average molecular weight is 151 g/mol. The Balaban J connectivity index is 1.91. The van der Waals surface area contributed by atoms with Crippen LogP contribution in [0.3, 0.4) is 0 Å². The molecule has 0 aromatic rings. The summed E-state index contributed by atoms with van der Waals surface area (Å²) in [7, 11) is 2.28. The van der Waals surface area contributed by atoms with Crippen molar-refractivity contribution in [3.05, 3.63) is 12.2 Å². The van der Waals surface area contributed by atoms with E-state index >= 15 is 0 Å².